The number of carbonyl (C=O) groups is 1. The Morgan fingerprint density at radius 3 is 2.85 bits per heavy atom. The number of ether oxygens (including phenoxy) is 1. The third-order valence-corrected chi connectivity index (χ3v) is 5.00. The van der Waals surface area contributed by atoms with Crippen LogP contribution < -0.4 is 4.74 Å². The van der Waals surface area contributed by atoms with Gasteiger partial charge in [-0.1, -0.05) is 18.2 Å². The highest BCUT2D eigenvalue weighted by Crippen LogP contribution is 2.25. The highest BCUT2D eigenvalue weighted by Gasteiger charge is 2.22. The lowest BCUT2D eigenvalue weighted by atomic mass is 10.3. The molecule has 0 saturated carbocycles. The molecule has 1 saturated heterocycles. The molecule has 0 unspecified atom stereocenters. The first-order valence-electron chi connectivity index (χ1n) is 8.76. The number of hydrogen-bond donors (Lipinski definition) is 0. The minimum absolute atomic E-state index is 0.0578. The van der Waals surface area contributed by atoms with Gasteiger partial charge in [0.25, 0.3) is 5.91 Å². The molecule has 1 aliphatic rings. The predicted molar refractivity (Wildman–Crippen MR) is 104 cm³/mol. The van der Waals surface area contributed by atoms with E-state index in [1.807, 2.05) is 35.2 Å². The molecule has 3 rings (SSSR count). The summed E-state index contributed by atoms with van der Waals surface area (Å²) in [6.45, 7) is 8.22. The maximum absolute atomic E-state index is 12.7. The molecular formula is C20H23BrN2O3. The Morgan fingerprint density at radius 1 is 1.19 bits per heavy atom. The van der Waals surface area contributed by atoms with Crippen molar-refractivity contribution in [1.29, 1.82) is 0 Å². The van der Waals surface area contributed by atoms with Crippen LogP contribution in [0.4, 0.5) is 0 Å². The minimum Gasteiger partial charge on any atom is -0.484 e. The molecule has 0 bridgehead atoms. The molecule has 1 amide bonds. The molecule has 0 atom stereocenters. The number of carbonyl (C=O) groups excluding carboxylic acids is 1. The quantitative estimate of drug-likeness (QED) is 0.666. The average Bonchev–Trinajstić information content (AvgIpc) is 3.00. The molecule has 0 N–H and O–H groups in total. The molecule has 0 aliphatic carbocycles. The topological polar surface area (TPSA) is 45.9 Å². The summed E-state index contributed by atoms with van der Waals surface area (Å²) in [5.74, 6) is 1.68. The van der Waals surface area contributed by atoms with Gasteiger partial charge in [0.1, 0.15) is 18.1 Å². The minimum atomic E-state index is -0.0578. The molecule has 2 heterocycles. The molecule has 5 nitrogen and oxygen atoms in total. The van der Waals surface area contributed by atoms with Crippen molar-refractivity contribution in [2.45, 2.75) is 13.0 Å². The van der Waals surface area contributed by atoms with Crippen molar-refractivity contribution in [1.82, 2.24) is 9.80 Å². The number of rotatable bonds is 6. The maximum Gasteiger partial charge on any atom is 0.289 e. The lowest BCUT2D eigenvalue weighted by molar-refractivity contribution is 0.0726. The van der Waals surface area contributed by atoms with Gasteiger partial charge < -0.3 is 14.1 Å². The van der Waals surface area contributed by atoms with Gasteiger partial charge in [-0.25, -0.2) is 0 Å². The van der Waals surface area contributed by atoms with E-state index in [0.29, 0.717) is 18.1 Å². The van der Waals surface area contributed by atoms with E-state index in [-0.39, 0.29) is 12.5 Å². The van der Waals surface area contributed by atoms with Crippen LogP contribution in [0.2, 0.25) is 0 Å². The number of para-hydroxylation sites is 1. The molecule has 6 heteroatoms. The van der Waals surface area contributed by atoms with Crippen LogP contribution in [0.25, 0.3) is 0 Å². The fourth-order valence-electron chi connectivity index (χ4n) is 2.98. The first-order valence-corrected chi connectivity index (χ1v) is 9.55. The van der Waals surface area contributed by atoms with E-state index < -0.39 is 0 Å². The smallest absolute Gasteiger partial charge is 0.289 e. The fourth-order valence-corrected chi connectivity index (χ4v) is 3.38. The van der Waals surface area contributed by atoms with Gasteiger partial charge in [-0.2, -0.15) is 0 Å². The van der Waals surface area contributed by atoms with Crippen LogP contribution in [0.1, 0.15) is 22.7 Å². The SMILES string of the molecule is C=CCN1CCCN(C(=O)c2ccc(COc3ccccc3Br)o2)CC1. The second kappa shape index (κ2) is 9.05. The normalized spacial score (nSPS) is 15.5. The second-order valence-corrected chi connectivity index (χ2v) is 7.07. The van der Waals surface area contributed by atoms with Gasteiger partial charge in [0.2, 0.25) is 0 Å². The molecular weight excluding hydrogens is 396 g/mol. The van der Waals surface area contributed by atoms with E-state index in [2.05, 4.69) is 27.4 Å². The molecule has 138 valence electrons. The lowest BCUT2D eigenvalue weighted by Gasteiger charge is -2.20. The summed E-state index contributed by atoms with van der Waals surface area (Å²) in [5, 5.41) is 0. The van der Waals surface area contributed by atoms with Crippen molar-refractivity contribution in [3.63, 3.8) is 0 Å². The Morgan fingerprint density at radius 2 is 2.04 bits per heavy atom. The second-order valence-electron chi connectivity index (χ2n) is 6.22. The first kappa shape index (κ1) is 18.7. The van der Waals surface area contributed by atoms with Crippen molar-refractivity contribution in [3.8, 4) is 5.75 Å². The highest BCUT2D eigenvalue weighted by molar-refractivity contribution is 9.10. The van der Waals surface area contributed by atoms with Crippen molar-refractivity contribution < 1.29 is 13.9 Å². The van der Waals surface area contributed by atoms with E-state index in [4.69, 9.17) is 9.15 Å². The number of hydrogen-bond acceptors (Lipinski definition) is 4. The largest absolute Gasteiger partial charge is 0.484 e. The average molecular weight is 419 g/mol. The Hall–Kier alpha value is -2.05. The summed E-state index contributed by atoms with van der Waals surface area (Å²) in [5.41, 5.74) is 0. The number of benzene rings is 1. The van der Waals surface area contributed by atoms with Gasteiger partial charge in [-0.3, -0.25) is 9.69 Å². The van der Waals surface area contributed by atoms with E-state index in [0.717, 1.165) is 42.8 Å². The Balaban J connectivity index is 1.57. The van der Waals surface area contributed by atoms with E-state index >= 15 is 0 Å². The highest BCUT2D eigenvalue weighted by atomic mass is 79.9. The van der Waals surface area contributed by atoms with Gasteiger partial charge in [-0.15, -0.1) is 6.58 Å². The summed E-state index contributed by atoms with van der Waals surface area (Å²) in [6, 6.07) is 11.2. The van der Waals surface area contributed by atoms with Crippen molar-refractivity contribution in [2.75, 3.05) is 32.7 Å². The van der Waals surface area contributed by atoms with Crippen LogP contribution in [0.3, 0.4) is 0 Å². The maximum atomic E-state index is 12.7. The zero-order valence-electron chi connectivity index (χ0n) is 14.7. The summed E-state index contributed by atoms with van der Waals surface area (Å²) in [7, 11) is 0. The summed E-state index contributed by atoms with van der Waals surface area (Å²) in [4.78, 5) is 16.9. The Bertz CT molecular complexity index is 759. The molecule has 2 aromatic rings. The molecule has 0 spiro atoms. The monoisotopic (exact) mass is 418 g/mol. The van der Waals surface area contributed by atoms with Gasteiger partial charge in [0.15, 0.2) is 5.76 Å². The molecule has 1 aliphatic heterocycles. The molecule has 0 radical (unpaired) electrons. The van der Waals surface area contributed by atoms with Crippen molar-refractivity contribution in [3.05, 3.63) is 65.0 Å². The summed E-state index contributed by atoms with van der Waals surface area (Å²) >= 11 is 3.45. The van der Waals surface area contributed by atoms with Gasteiger partial charge >= 0.3 is 0 Å². The standard InChI is InChI=1S/C20H23BrN2O3/c1-2-10-22-11-5-12-23(14-13-22)20(24)19-9-8-16(26-19)15-25-18-7-4-3-6-17(18)21/h2-4,6-9H,1,5,10-15H2. The lowest BCUT2D eigenvalue weighted by Crippen LogP contribution is -2.35. The Labute approximate surface area is 162 Å². The van der Waals surface area contributed by atoms with Gasteiger partial charge in [0.05, 0.1) is 4.47 Å². The number of halogens is 1. The molecule has 1 aromatic carbocycles. The summed E-state index contributed by atoms with van der Waals surface area (Å²) in [6.07, 6.45) is 2.86. The van der Waals surface area contributed by atoms with Crippen LogP contribution >= 0.6 is 15.9 Å². The molecule has 1 fully saturated rings. The van der Waals surface area contributed by atoms with Gasteiger partial charge in [0, 0.05) is 32.7 Å². The number of nitrogens with zero attached hydrogens (tertiary/aromatic N) is 2. The van der Waals surface area contributed by atoms with Crippen LogP contribution in [-0.4, -0.2) is 48.4 Å². The van der Waals surface area contributed by atoms with E-state index in [9.17, 15) is 4.79 Å². The molecule has 26 heavy (non-hydrogen) atoms. The predicted octanol–water partition coefficient (Wildman–Crippen LogP) is 3.96. The van der Waals surface area contributed by atoms with Crippen molar-refractivity contribution >= 4 is 21.8 Å². The van der Waals surface area contributed by atoms with E-state index in [1.54, 1.807) is 12.1 Å². The van der Waals surface area contributed by atoms with Crippen LogP contribution in [-0.2, 0) is 6.61 Å². The molecule has 1 aromatic heterocycles. The Kier molecular flexibility index (Phi) is 6.52. The van der Waals surface area contributed by atoms with Crippen LogP contribution in [0.15, 0.2) is 57.9 Å². The zero-order chi connectivity index (χ0) is 18.4. The van der Waals surface area contributed by atoms with Crippen LogP contribution in [0.5, 0.6) is 5.75 Å². The zero-order valence-corrected chi connectivity index (χ0v) is 16.3. The summed E-state index contributed by atoms with van der Waals surface area (Å²) < 4.78 is 12.3. The third kappa shape index (κ3) is 4.77. The van der Waals surface area contributed by atoms with Crippen molar-refractivity contribution in [2.24, 2.45) is 0 Å². The first-order chi connectivity index (χ1) is 12.7. The van der Waals surface area contributed by atoms with Gasteiger partial charge in [-0.05, 0) is 46.6 Å². The van der Waals surface area contributed by atoms with E-state index in [1.165, 1.54) is 0 Å². The number of amides is 1. The van der Waals surface area contributed by atoms with Crippen LogP contribution in [0, 0.1) is 0 Å². The third-order valence-electron chi connectivity index (χ3n) is 4.34. The number of furan rings is 1. The fraction of sp³-hybridized carbons (Fsp3) is 0.350.